The predicted octanol–water partition coefficient (Wildman–Crippen LogP) is 3.45. The number of anilines is 2. The minimum Gasteiger partial charge on any atom is -0.321 e. The van der Waals surface area contributed by atoms with Gasteiger partial charge in [-0.25, -0.2) is 0 Å². The molecular weight excluding hydrogens is 386 g/mol. The van der Waals surface area contributed by atoms with Gasteiger partial charge in [-0.15, -0.1) is 0 Å². The molecule has 2 atom stereocenters. The molecule has 2 amide bonds. The summed E-state index contributed by atoms with van der Waals surface area (Å²) in [6.07, 6.45) is 0. The quantitative estimate of drug-likeness (QED) is 0.553. The average Bonchev–Trinajstić information content (AvgIpc) is 2.73. The fraction of sp³-hybridized carbons (Fsp3) is 0.231. The van der Waals surface area contributed by atoms with Crippen LogP contribution in [0.1, 0.15) is 28.3 Å². The average molecular weight is 417 g/mol. The lowest BCUT2D eigenvalue weighted by atomic mass is 10.0. The summed E-state index contributed by atoms with van der Waals surface area (Å²) in [6.45, 7) is 6.13. The van der Waals surface area contributed by atoms with Gasteiger partial charge in [-0.3, -0.25) is 9.59 Å². The molecule has 0 aromatic heterocycles. The number of likely N-dealkylation sites (N-methyl/N-ethyl adjacent to an activating group) is 1. The first-order chi connectivity index (χ1) is 14.8. The van der Waals surface area contributed by atoms with Crippen LogP contribution < -0.4 is 15.5 Å². The number of nitrogens with one attached hydrogen (secondary N) is 3. The highest BCUT2D eigenvalue weighted by atomic mass is 16.2. The fourth-order valence-corrected chi connectivity index (χ4v) is 3.58. The van der Waals surface area contributed by atoms with Crippen molar-refractivity contribution in [3.8, 4) is 0 Å². The SMILES string of the molecule is Cc1ccc(NC(=O)C[NH+](C)[C@@H](C(=O)Nc2cc(C)ccc2C)c2ccccc2)cc1. The molecule has 5 heteroatoms. The van der Waals surface area contributed by atoms with Crippen molar-refractivity contribution in [1.82, 2.24) is 0 Å². The maximum atomic E-state index is 13.3. The smallest absolute Gasteiger partial charge is 0.287 e. The highest BCUT2D eigenvalue weighted by Gasteiger charge is 2.30. The molecule has 160 valence electrons. The summed E-state index contributed by atoms with van der Waals surface area (Å²) in [5.74, 6) is -0.276. The van der Waals surface area contributed by atoms with Gasteiger partial charge >= 0.3 is 0 Å². The van der Waals surface area contributed by atoms with Gasteiger partial charge in [-0.2, -0.15) is 0 Å². The maximum Gasteiger partial charge on any atom is 0.287 e. The molecule has 0 aliphatic rings. The summed E-state index contributed by atoms with van der Waals surface area (Å²) >= 11 is 0. The van der Waals surface area contributed by atoms with Gasteiger partial charge in [0.2, 0.25) is 0 Å². The van der Waals surface area contributed by atoms with Crippen molar-refractivity contribution in [1.29, 1.82) is 0 Å². The van der Waals surface area contributed by atoms with Crippen molar-refractivity contribution >= 4 is 23.2 Å². The number of quaternary nitrogens is 1. The zero-order chi connectivity index (χ0) is 22.4. The van der Waals surface area contributed by atoms with Gasteiger partial charge in [-0.05, 0) is 50.1 Å². The second kappa shape index (κ2) is 10.0. The van der Waals surface area contributed by atoms with Gasteiger partial charge < -0.3 is 15.5 Å². The minimum absolute atomic E-state index is 0.137. The summed E-state index contributed by atoms with van der Waals surface area (Å²) in [7, 11) is 1.87. The van der Waals surface area contributed by atoms with Gasteiger partial charge in [-0.1, -0.05) is 60.2 Å². The molecule has 0 bridgehead atoms. The summed E-state index contributed by atoms with van der Waals surface area (Å²) in [5.41, 5.74) is 5.62. The number of carbonyl (C=O) groups is 2. The molecule has 0 saturated carbocycles. The van der Waals surface area contributed by atoms with Crippen LogP contribution in [-0.2, 0) is 9.59 Å². The molecule has 0 aliphatic carbocycles. The second-order valence-electron chi connectivity index (χ2n) is 8.09. The summed E-state index contributed by atoms with van der Waals surface area (Å²) in [4.78, 5) is 26.8. The molecule has 0 spiro atoms. The van der Waals surface area contributed by atoms with Crippen LogP contribution >= 0.6 is 0 Å². The predicted molar refractivity (Wildman–Crippen MR) is 125 cm³/mol. The van der Waals surface area contributed by atoms with E-state index in [0.717, 1.165) is 38.5 Å². The van der Waals surface area contributed by atoms with Crippen LogP contribution in [0, 0.1) is 20.8 Å². The van der Waals surface area contributed by atoms with Gasteiger partial charge in [0.15, 0.2) is 12.6 Å². The molecule has 0 aliphatic heterocycles. The van der Waals surface area contributed by atoms with E-state index < -0.39 is 6.04 Å². The van der Waals surface area contributed by atoms with E-state index >= 15 is 0 Å². The standard InChI is InChI=1S/C26H29N3O2/c1-18-11-14-22(15-12-18)27-24(30)17-29(4)25(21-8-6-5-7-9-21)26(31)28-23-16-19(2)10-13-20(23)3/h5-16,25H,17H2,1-4H3,(H,27,30)(H,28,31)/p+1/t25-/m1/s1. The molecule has 1 unspecified atom stereocenters. The van der Waals surface area contributed by atoms with E-state index in [1.54, 1.807) is 0 Å². The summed E-state index contributed by atoms with van der Waals surface area (Å²) in [5, 5.41) is 5.99. The van der Waals surface area contributed by atoms with Crippen LogP contribution in [0.4, 0.5) is 11.4 Å². The first kappa shape index (κ1) is 22.2. The van der Waals surface area contributed by atoms with E-state index in [0.29, 0.717) is 0 Å². The third kappa shape index (κ3) is 6.03. The molecule has 0 saturated heterocycles. The zero-order valence-electron chi connectivity index (χ0n) is 18.5. The molecular formula is C26H30N3O2+. The number of hydrogen-bond donors (Lipinski definition) is 3. The summed E-state index contributed by atoms with van der Waals surface area (Å²) < 4.78 is 0. The topological polar surface area (TPSA) is 62.6 Å². The number of amides is 2. The molecule has 3 rings (SSSR count). The van der Waals surface area contributed by atoms with Gasteiger partial charge in [0.25, 0.3) is 11.8 Å². The molecule has 3 aromatic carbocycles. The van der Waals surface area contributed by atoms with Crippen molar-refractivity contribution in [2.45, 2.75) is 26.8 Å². The number of carbonyl (C=O) groups excluding carboxylic acids is 2. The molecule has 3 aromatic rings. The Bertz CT molecular complexity index is 1050. The van der Waals surface area contributed by atoms with Gasteiger partial charge in [0.1, 0.15) is 0 Å². The molecule has 0 radical (unpaired) electrons. The maximum absolute atomic E-state index is 13.3. The van der Waals surface area contributed by atoms with E-state index in [1.807, 2.05) is 101 Å². The van der Waals surface area contributed by atoms with Crippen LogP contribution in [0.2, 0.25) is 0 Å². The lowest BCUT2D eigenvalue weighted by Gasteiger charge is -2.24. The molecule has 0 fully saturated rings. The molecule has 3 N–H and O–H groups in total. The van der Waals surface area contributed by atoms with E-state index in [2.05, 4.69) is 10.6 Å². The van der Waals surface area contributed by atoms with Crippen LogP contribution in [0.15, 0.2) is 72.8 Å². The van der Waals surface area contributed by atoms with Crippen molar-refractivity contribution in [3.63, 3.8) is 0 Å². The lowest BCUT2D eigenvalue weighted by Crippen LogP contribution is -3.11. The first-order valence-corrected chi connectivity index (χ1v) is 10.5. The number of aryl methyl sites for hydroxylation is 3. The second-order valence-corrected chi connectivity index (χ2v) is 8.09. The number of hydrogen-bond acceptors (Lipinski definition) is 2. The van der Waals surface area contributed by atoms with E-state index in [9.17, 15) is 9.59 Å². The Labute approximate surface area is 184 Å². The Morgan fingerprint density at radius 2 is 1.48 bits per heavy atom. The Morgan fingerprint density at radius 1 is 0.839 bits per heavy atom. The van der Waals surface area contributed by atoms with E-state index in [1.165, 1.54) is 0 Å². The van der Waals surface area contributed by atoms with Crippen molar-refractivity contribution in [2.75, 3.05) is 24.2 Å². The third-order valence-corrected chi connectivity index (χ3v) is 5.31. The number of rotatable bonds is 7. The number of benzene rings is 3. The van der Waals surface area contributed by atoms with Crippen LogP contribution in [0.5, 0.6) is 0 Å². The van der Waals surface area contributed by atoms with E-state index in [4.69, 9.17) is 0 Å². The van der Waals surface area contributed by atoms with Crippen LogP contribution in [-0.4, -0.2) is 25.4 Å². The highest BCUT2D eigenvalue weighted by molar-refractivity contribution is 5.96. The normalized spacial score (nSPS) is 12.6. The highest BCUT2D eigenvalue weighted by Crippen LogP contribution is 2.19. The molecule has 5 nitrogen and oxygen atoms in total. The Morgan fingerprint density at radius 3 is 2.16 bits per heavy atom. The third-order valence-electron chi connectivity index (χ3n) is 5.31. The zero-order valence-corrected chi connectivity index (χ0v) is 18.5. The van der Waals surface area contributed by atoms with Crippen molar-refractivity contribution in [3.05, 3.63) is 95.1 Å². The van der Waals surface area contributed by atoms with Crippen molar-refractivity contribution in [2.24, 2.45) is 0 Å². The van der Waals surface area contributed by atoms with Gasteiger partial charge in [0, 0.05) is 16.9 Å². The molecule has 31 heavy (non-hydrogen) atoms. The largest absolute Gasteiger partial charge is 0.321 e. The first-order valence-electron chi connectivity index (χ1n) is 10.5. The van der Waals surface area contributed by atoms with Gasteiger partial charge in [0.05, 0.1) is 7.05 Å². The lowest BCUT2D eigenvalue weighted by molar-refractivity contribution is -0.893. The van der Waals surface area contributed by atoms with Crippen LogP contribution in [0.3, 0.4) is 0 Å². The minimum atomic E-state index is -0.523. The Hall–Kier alpha value is -3.44. The van der Waals surface area contributed by atoms with Crippen molar-refractivity contribution < 1.29 is 14.5 Å². The summed E-state index contributed by atoms with van der Waals surface area (Å²) in [6, 6.07) is 22.7. The monoisotopic (exact) mass is 416 g/mol. The molecule has 0 heterocycles. The Balaban J connectivity index is 1.78. The fourth-order valence-electron chi connectivity index (χ4n) is 3.58. The van der Waals surface area contributed by atoms with Crippen LogP contribution in [0.25, 0.3) is 0 Å². The van der Waals surface area contributed by atoms with E-state index in [-0.39, 0.29) is 18.4 Å². The Kier molecular flexibility index (Phi) is 7.21.